The molecule has 3 heterocycles. The third-order valence-electron chi connectivity index (χ3n) is 4.71. The minimum Gasteiger partial charge on any atom is -0.506 e. The van der Waals surface area contributed by atoms with Gasteiger partial charge in [0, 0.05) is 30.8 Å². The molecule has 2 aliphatic rings. The minimum atomic E-state index is -0.275. The number of rotatable bonds is 3. The number of hydrogen-bond acceptors (Lipinski definition) is 5. The maximum atomic E-state index is 10.2. The summed E-state index contributed by atoms with van der Waals surface area (Å²) in [5.41, 5.74) is 1.65. The molecule has 0 saturated carbocycles. The third-order valence-corrected chi connectivity index (χ3v) is 4.71. The average Bonchev–Trinajstić information content (AvgIpc) is 2.91. The summed E-state index contributed by atoms with van der Waals surface area (Å²) in [5, 5.41) is 20.2. The highest BCUT2D eigenvalue weighted by atomic mass is 16.5. The fourth-order valence-corrected chi connectivity index (χ4v) is 3.56. The molecule has 0 aromatic carbocycles. The van der Waals surface area contributed by atoms with E-state index in [1.807, 2.05) is 13.0 Å². The first-order valence-corrected chi connectivity index (χ1v) is 7.80. The summed E-state index contributed by atoms with van der Waals surface area (Å²) >= 11 is 0. The van der Waals surface area contributed by atoms with Gasteiger partial charge >= 0.3 is 0 Å². The van der Waals surface area contributed by atoms with Gasteiger partial charge in [-0.2, -0.15) is 0 Å². The van der Waals surface area contributed by atoms with Crippen molar-refractivity contribution in [3.63, 3.8) is 0 Å². The molecule has 1 aromatic rings. The second-order valence-corrected chi connectivity index (χ2v) is 6.19. The highest BCUT2D eigenvalue weighted by Crippen LogP contribution is 2.31. The molecule has 0 bridgehead atoms. The van der Waals surface area contributed by atoms with E-state index < -0.39 is 0 Å². The molecule has 0 aliphatic carbocycles. The fourth-order valence-electron chi connectivity index (χ4n) is 3.56. The lowest BCUT2D eigenvalue weighted by Crippen LogP contribution is -2.45. The van der Waals surface area contributed by atoms with Crippen LogP contribution in [0.3, 0.4) is 0 Å². The van der Waals surface area contributed by atoms with Crippen molar-refractivity contribution < 1.29 is 14.9 Å². The van der Waals surface area contributed by atoms with Crippen molar-refractivity contribution in [1.29, 1.82) is 0 Å². The highest BCUT2D eigenvalue weighted by molar-refractivity contribution is 5.27. The largest absolute Gasteiger partial charge is 0.506 e. The molecule has 2 aliphatic heterocycles. The number of aromatic nitrogens is 1. The number of aliphatic hydroxyl groups is 1. The van der Waals surface area contributed by atoms with Crippen LogP contribution in [0.2, 0.25) is 0 Å². The van der Waals surface area contributed by atoms with E-state index in [4.69, 9.17) is 4.74 Å². The van der Waals surface area contributed by atoms with E-state index in [1.165, 1.54) is 0 Å². The lowest BCUT2D eigenvalue weighted by molar-refractivity contribution is -0.0637. The van der Waals surface area contributed by atoms with E-state index in [-0.39, 0.29) is 17.8 Å². The lowest BCUT2D eigenvalue weighted by atomic mass is 9.89. The van der Waals surface area contributed by atoms with Crippen LogP contribution >= 0.6 is 0 Å². The molecular formula is C16H24N2O3. The van der Waals surface area contributed by atoms with Gasteiger partial charge in [0.05, 0.1) is 18.4 Å². The van der Waals surface area contributed by atoms with Gasteiger partial charge in [-0.15, -0.1) is 0 Å². The van der Waals surface area contributed by atoms with Crippen molar-refractivity contribution in [1.82, 2.24) is 9.88 Å². The Kier molecular flexibility index (Phi) is 4.42. The average molecular weight is 292 g/mol. The van der Waals surface area contributed by atoms with Crippen molar-refractivity contribution in [2.24, 2.45) is 5.92 Å². The van der Waals surface area contributed by atoms with Crippen molar-refractivity contribution in [3.8, 4) is 5.75 Å². The van der Waals surface area contributed by atoms with E-state index in [0.29, 0.717) is 25.8 Å². The van der Waals surface area contributed by atoms with Crippen LogP contribution in [-0.2, 0) is 11.3 Å². The molecule has 5 nitrogen and oxygen atoms in total. The molecule has 2 saturated heterocycles. The number of ether oxygens (including phenoxy) is 1. The van der Waals surface area contributed by atoms with Gasteiger partial charge in [0.1, 0.15) is 5.75 Å². The van der Waals surface area contributed by atoms with E-state index in [1.54, 1.807) is 6.07 Å². The van der Waals surface area contributed by atoms with Gasteiger partial charge in [0.25, 0.3) is 0 Å². The number of likely N-dealkylation sites (tertiary alicyclic amines) is 1. The molecular weight excluding hydrogens is 268 g/mol. The Morgan fingerprint density at radius 1 is 1.38 bits per heavy atom. The van der Waals surface area contributed by atoms with E-state index in [2.05, 4.69) is 9.88 Å². The number of nitrogens with zero attached hydrogens (tertiary/aromatic N) is 2. The second-order valence-electron chi connectivity index (χ2n) is 6.19. The first kappa shape index (κ1) is 14.8. The Morgan fingerprint density at radius 2 is 2.24 bits per heavy atom. The SMILES string of the molecule is Cc1ccc(O)c(CN2CCCC2C2COCCC2O)n1. The van der Waals surface area contributed by atoms with Gasteiger partial charge in [0.15, 0.2) is 0 Å². The number of hydrogen-bond donors (Lipinski definition) is 2. The molecule has 0 radical (unpaired) electrons. The normalized spacial score (nSPS) is 30.7. The van der Waals surface area contributed by atoms with Gasteiger partial charge in [-0.05, 0) is 44.9 Å². The predicted molar refractivity (Wildman–Crippen MR) is 79.0 cm³/mol. The first-order chi connectivity index (χ1) is 10.1. The topological polar surface area (TPSA) is 65.8 Å². The van der Waals surface area contributed by atoms with Crippen molar-refractivity contribution >= 4 is 0 Å². The van der Waals surface area contributed by atoms with E-state index in [9.17, 15) is 10.2 Å². The van der Waals surface area contributed by atoms with Gasteiger partial charge < -0.3 is 14.9 Å². The summed E-state index contributed by atoms with van der Waals surface area (Å²) in [6, 6.07) is 3.85. The summed E-state index contributed by atoms with van der Waals surface area (Å²) in [5.74, 6) is 0.430. The zero-order valence-electron chi connectivity index (χ0n) is 12.5. The Labute approximate surface area is 125 Å². The van der Waals surface area contributed by atoms with E-state index >= 15 is 0 Å². The molecule has 3 atom stereocenters. The smallest absolute Gasteiger partial charge is 0.138 e. The van der Waals surface area contributed by atoms with Gasteiger partial charge in [-0.1, -0.05) is 0 Å². The molecule has 5 heteroatoms. The molecule has 2 N–H and O–H groups in total. The zero-order chi connectivity index (χ0) is 14.8. The summed E-state index contributed by atoms with van der Waals surface area (Å²) in [6.45, 7) is 4.85. The lowest BCUT2D eigenvalue weighted by Gasteiger charge is -2.37. The number of aryl methyl sites for hydroxylation is 1. The first-order valence-electron chi connectivity index (χ1n) is 7.80. The van der Waals surface area contributed by atoms with Crippen molar-refractivity contribution in [3.05, 3.63) is 23.5 Å². The summed E-state index contributed by atoms with van der Waals surface area (Å²) in [6.07, 6.45) is 2.66. The monoisotopic (exact) mass is 292 g/mol. The maximum absolute atomic E-state index is 10.2. The van der Waals surface area contributed by atoms with Crippen LogP contribution in [0.1, 0.15) is 30.7 Å². The van der Waals surface area contributed by atoms with Crippen LogP contribution in [0, 0.1) is 12.8 Å². The Hall–Kier alpha value is -1.17. The van der Waals surface area contributed by atoms with Crippen LogP contribution < -0.4 is 0 Å². The molecule has 2 fully saturated rings. The Morgan fingerprint density at radius 3 is 3.05 bits per heavy atom. The van der Waals surface area contributed by atoms with Gasteiger partial charge in [-0.25, -0.2) is 0 Å². The number of aromatic hydroxyl groups is 1. The zero-order valence-corrected chi connectivity index (χ0v) is 12.5. The highest BCUT2D eigenvalue weighted by Gasteiger charge is 2.37. The van der Waals surface area contributed by atoms with Crippen molar-refractivity contribution in [2.75, 3.05) is 19.8 Å². The summed E-state index contributed by atoms with van der Waals surface area (Å²) in [7, 11) is 0. The molecule has 0 amide bonds. The predicted octanol–water partition coefficient (Wildman–Crippen LogP) is 1.46. The fraction of sp³-hybridized carbons (Fsp3) is 0.688. The van der Waals surface area contributed by atoms with E-state index in [0.717, 1.165) is 37.2 Å². The van der Waals surface area contributed by atoms with Crippen molar-refractivity contribution in [2.45, 2.75) is 44.9 Å². The minimum absolute atomic E-state index is 0.174. The standard InChI is InChI=1S/C16H24N2O3/c1-11-4-5-16(20)13(17-11)9-18-7-2-3-14(18)12-10-21-8-6-15(12)19/h4-5,12,14-15,19-20H,2-3,6-10H2,1H3. The summed E-state index contributed by atoms with van der Waals surface area (Å²) < 4.78 is 5.55. The number of aliphatic hydroxyl groups excluding tert-OH is 1. The second kappa shape index (κ2) is 6.30. The van der Waals surface area contributed by atoms with Gasteiger partial charge in [0.2, 0.25) is 0 Å². The molecule has 3 rings (SSSR count). The molecule has 21 heavy (non-hydrogen) atoms. The number of pyridine rings is 1. The molecule has 1 aromatic heterocycles. The van der Waals surface area contributed by atoms with Gasteiger partial charge in [-0.3, -0.25) is 9.88 Å². The van der Waals surface area contributed by atoms with Crippen LogP contribution in [-0.4, -0.2) is 52.0 Å². The quantitative estimate of drug-likeness (QED) is 0.883. The Bertz CT molecular complexity index is 494. The van der Waals surface area contributed by atoms with Crippen LogP contribution in [0.5, 0.6) is 5.75 Å². The maximum Gasteiger partial charge on any atom is 0.138 e. The van der Waals surface area contributed by atoms with Crippen LogP contribution in [0.4, 0.5) is 0 Å². The van der Waals surface area contributed by atoms with Crippen LogP contribution in [0.15, 0.2) is 12.1 Å². The third kappa shape index (κ3) is 3.20. The molecule has 116 valence electrons. The summed E-state index contributed by atoms with van der Waals surface area (Å²) in [4.78, 5) is 6.79. The molecule has 3 unspecified atom stereocenters. The van der Waals surface area contributed by atoms with Crippen LogP contribution in [0.25, 0.3) is 0 Å². The molecule has 0 spiro atoms. The Balaban J connectivity index is 1.73.